The van der Waals surface area contributed by atoms with Gasteiger partial charge in [-0.15, -0.1) is 0 Å². The molecule has 1 saturated heterocycles. The first-order valence-electron chi connectivity index (χ1n) is 14.8. The highest BCUT2D eigenvalue weighted by Crippen LogP contribution is 2.27. The molecule has 43 heavy (non-hydrogen) atoms. The minimum atomic E-state index is -0.242. The number of carbonyl (C=O) groups excluding carboxylic acids is 1. The fraction of sp³-hybridized carbons (Fsp3) is 0.424. The summed E-state index contributed by atoms with van der Waals surface area (Å²) in [7, 11) is 4.24. The van der Waals surface area contributed by atoms with E-state index in [0.29, 0.717) is 40.2 Å². The standard InChI is InChI=1S/C33H45N9O/c1-8-35-27-21-37-32(42-17-13-23(14-18-42)12-16-41(6)7)40-29(27)30(34)39-26-19-24(10-9-22(26)2)31(43)38-25-11-15-36-28(20-25)33(3,4)5/h8-11,15,19-21,23,35H,1,12-14,16-18H2,2-7H3,(H2,34,39)(H,36,38,43). The number of pyridine rings is 1. The van der Waals surface area contributed by atoms with Gasteiger partial charge in [-0.05, 0) is 88.8 Å². The fourth-order valence-corrected chi connectivity index (χ4v) is 4.97. The van der Waals surface area contributed by atoms with Gasteiger partial charge in [0.1, 0.15) is 5.69 Å². The summed E-state index contributed by atoms with van der Waals surface area (Å²) in [5.41, 5.74) is 11.1. The quantitative estimate of drug-likeness (QED) is 0.211. The number of hydrogen-bond donors (Lipinski definition) is 3. The van der Waals surface area contributed by atoms with E-state index in [-0.39, 0.29) is 17.2 Å². The predicted molar refractivity (Wildman–Crippen MR) is 176 cm³/mol. The van der Waals surface area contributed by atoms with Gasteiger partial charge in [0.05, 0.1) is 17.6 Å². The van der Waals surface area contributed by atoms with Gasteiger partial charge in [-0.1, -0.05) is 33.4 Å². The van der Waals surface area contributed by atoms with Crippen molar-refractivity contribution in [3.63, 3.8) is 0 Å². The van der Waals surface area contributed by atoms with Crippen LogP contribution in [0.1, 0.15) is 67.3 Å². The van der Waals surface area contributed by atoms with E-state index in [4.69, 9.17) is 15.7 Å². The first kappa shape index (κ1) is 31.6. The lowest BCUT2D eigenvalue weighted by atomic mass is 9.91. The second kappa shape index (κ2) is 13.8. The second-order valence-corrected chi connectivity index (χ2v) is 12.4. The SMILES string of the molecule is C=CNc1cnc(N2CCC(CCN(C)C)CC2)nc1C(N)=Nc1cc(C(=O)Nc2ccnc(C(C)(C)C)c2)ccc1C. The summed E-state index contributed by atoms with van der Waals surface area (Å²) in [4.78, 5) is 36.3. The third kappa shape index (κ3) is 8.38. The lowest BCUT2D eigenvalue weighted by molar-refractivity contribution is 0.102. The molecule has 0 radical (unpaired) electrons. The van der Waals surface area contributed by atoms with E-state index in [1.54, 1.807) is 36.8 Å². The summed E-state index contributed by atoms with van der Waals surface area (Å²) in [5, 5.41) is 6.06. The molecule has 10 heteroatoms. The lowest BCUT2D eigenvalue weighted by Crippen LogP contribution is -2.36. The zero-order valence-electron chi connectivity index (χ0n) is 26.3. The Kier molecular flexibility index (Phi) is 10.1. The Morgan fingerprint density at radius 2 is 1.93 bits per heavy atom. The van der Waals surface area contributed by atoms with Crippen LogP contribution < -0.4 is 21.3 Å². The minimum Gasteiger partial charge on any atom is -0.382 e. The summed E-state index contributed by atoms with van der Waals surface area (Å²) >= 11 is 0. The summed E-state index contributed by atoms with van der Waals surface area (Å²) in [6, 6.07) is 9.07. The molecule has 1 fully saturated rings. The van der Waals surface area contributed by atoms with Crippen molar-refractivity contribution in [3.8, 4) is 0 Å². The molecular formula is C33H45N9O. The van der Waals surface area contributed by atoms with Crippen LogP contribution >= 0.6 is 0 Å². The number of nitrogens with one attached hydrogen (secondary N) is 2. The number of aryl methyl sites for hydroxylation is 1. The van der Waals surface area contributed by atoms with Crippen molar-refractivity contribution < 1.29 is 4.79 Å². The highest BCUT2D eigenvalue weighted by atomic mass is 16.1. The largest absolute Gasteiger partial charge is 0.382 e. The van der Waals surface area contributed by atoms with E-state index in [0.717, 1.165) is 43.7 Å². The van der Waals surface area contributed by atoms with Crippen LogP contribution in [0.4, 0.5) is 23.0 Å². The molecule has 2 aromatic heterocycles. The van der Waals surface area contributed by atoms with E-state index in [9.17, 15) is 4.79 Å². The Bertz CT molecular complexity index is 1470. The van der Waals surface area contributed by atoms with Crippen LogP contribution in [-0.2, 0) is 5.41 Å². The minimum absolute atomic E-state index is 0.132. The number of nitrogens with two attached hydrogens (primary N) is 1. The van der Waals surface area contributed by atoms with Gasteiger partial charge in [-0.2, -0.15) is 0 Å². The van der Waals surface area contributed by atoms with E-state index >= 15 is 0 Å². The molecule has 3 heterocycles. The Hall–Kier alpha value is -4.31. The number of nitrogens with zero attached hydrogens (tertiary/aromatic N) is 6. The maximum Gasteiger partial charge on any atom is 0.255 e. The molecule has 0 aliphatic carbocycles. The Balaban J connectivity index is 1.55. The van der Waals surface area contributed by atoms with Gasteiger partial charge in [0.15, 0.2) is 5.84 Å². The van der Waals surface area contributed by atoms with Crippen molar-refractivity contribution in [2.24, 2.45) is 16.6 Å². The Labute approximate surface area is 255 Å². The van der Waals surface area contributed by atoms with E-state index in [1.165, 1.54) is 6.42 Å². The smallest absolute Gasteiger partial charge is 0.255 e. The van der Waals surface area contributed by atoms with Gasteiger partial charge in [0, 0.05) is 41.6 Å². The zero-order valence-corrected chi connectivity index (χ0v) is 26.3. The molecule has 0 spiro atoms. The highest BCUT2D eigenvalue weighted by Gasteiger charge is 2.23. The normalized spacial score (nSPS) is 14.6. The maximum absolute atomic E-state index is 13.2. The summed E-state index contributed by atoms with van der Waals surface area (Å²) in [6.45, 7) is 14.9. The van der Waals surface area contributed by atoms with Crippen molar-refractivity contribution in [1.82, 2.24) is 19.9 Å². The van der Waals surface area contributed by atoms with Gasteiger partial charge in [-0.25, -0.2) is 15.0 Å². The Morgan fingerprint density at radius 3 is 2.60 bits per heavy atom. The van der Waals surface area contributed by atoms with Gasteiger partial charge in [0.2, 0.25) is 5.95 Å². The number of anilines is 3. The average molecular weight is 584 g/mol. The van der Waals surface area contributed by atoms with Crippen LogP contribution in [0.2, 0.25) is 0 Å². The molecule has 3 aromatic rings. The monoisotopic (exact) mass is 583 g/mol. The molecular weight excluding hydrogens is 538 g/mol. The molecule has 1 amide bonds. The first-order chi connectivity index (χ1) is 20.4. The molecule has 0 atom stereocenters. The second-order valence-electron chi connectivity index (χ2n) is 12.4. The number of rotatable bonds is 10. The summed E-state index contributed by atoms with van der Waals surface area (Å²) in [5.74, 6) is 1.32. The number of piperidine rings is 1. The van der Waals surface area contributed by atoms with Gasteiger partial charge in [0.25, 0.3) is 5.91 Å². The summed E-state index contributed by atoms with van der Waals surface area (Å²) < 4.78 is 0. The molecule has 0 bridgehead atoms. The molecule has 1 aromatic carbocycles. The van der Waals surface area contributed by atoms with Gasteiger partial charge < -0.3 is 26.2 Å². The number of benzene rings is 1. The molecule has 4 N–H and O–H groups in total. The Morgan fingerprint density at radius 1 is 1.19 bits per heavy atom. The average Bonchev–Trinajstić information content (AvgIpc) is 2.97. The van der Waals surface area contributed by atoms with Crippen LogP contribution in [-0.4, -0.2) is 65.3 Å². The third-order valence-electron chi connectivity index (χ3n) is 7.66. The topological polar surface area (TPSA) is 125 Å². The lowest BCUT2D eigenvalue weighted by Gasteiger charge is -2.32. The molecule has 1 aliphatic heterocycles. The molecule has 10 nitrogen and oxygen atoms in total. The molecule has 0 saturated carbocycles. The zero-order chi connectivity index (χ0) is 31.1. The fourth-order valence-electron chi connectivity index (χ4n) is 4.97. The predicted octanol–water partition coefficient (Wildman–Crippen LogP) is 5.49. The van der Waals surface area contributed by atoms with Crippen LogP contribution in [0.5, 0.6) is 0 Å². The van der Waals surface area contributed by atoms with Crippen LogP contribution in [0.3, 0.4) is 0 Å². The molecule has 1 aliphatic rings. The third-order valence-corrected chi connectivity index (χ3v) is 7.66. The number of carbonyl (C=O) groups is 1. The van der Waals surface area contributed by atoms with Crippen LogP contribution in [0.15, 0.2) is 60.5 Å². The number of amidine groups is 1. The molecule has 0 unspecified atom stereocenters. The van der Waals surface area contributed by atoms with Crippen molar-refractivity contribution in [2.45, 2.75) is 52.4 Å². The van der Waals surface area contributed by atoms with Crippen molar-refractivity contribution in [1.29, 1.82) is 0 Å². The maximum atomic E-state index is 13.2. The number of aliphatic imine (C=N–C) groups is 1. The van der Waals surface area contributed by atoms with E-state index in [2.05, 4.69) is 71.8 Å². The number of amides is 1. The van der Waals surface area contributed by atoms with Crippen LogP contribution in [0, 0.1) is 12.8 Å². The van der Waals surface area contributed by atoms with Crippen molar-refractivity contribution in [3.05, 3.63) is 78.0 Å². The van der Waals surface area contributed by atoms with Gasteiger partial charge in [-0.3, -0.25) is 9.78 Å². The number of aromatic nitrogens is 3. The van der Waals surface area contributed by atoms with E-state index < -0.39 is 0 Å². The molecule has 228 valence electrons. The highest BCUT2D eigenvalue weighted by molar-refractivity contribution is 6.06. The number of hydrogen-bond acceptors (Lipinski definition) is 8. The van der Waals surface area contributed by atoms with Crippen LogP contribution in [0.25, 0.3) is 0 Å². The van der Waals surface area contributed by atoms with E-state index in [1.807, 2.05) is 19.1 Å². The first-order valence-corrected chi connectivity index (χ1v) is 14.8. The van der Waals surface area contributed by atoms with Crippen molar-refractivity contribution in [2.75, 3.05) is 49.3 Å². The van der Waals surface area contributed by atoms with Crippen molar-refractivity contribution >= 4 is 34.8 Å². The molecule has 4 rings (SSSR count). The van der Waals surface area contributed by atoms with Gasteiger partial charge >= 0.3 is 0 Å². The summed E-state index contributed by atoms with van der Waals surface area (Å²) in [6.07, 6.45) is 8.40.